The van der Waals surface area contributed by atoms with Crippen molar-refractivity contribution in [2.45, 2.75) is 16.6 Å². The van der Waals surface area contributed by atoms with Crippen molar-refractivity contribution < 1.29 is 19.3 Å². The van der Waals surface area contributed by atoms with Crippen molar-refractivity contribution in [2.75, 3.05) is 10.3 Å². The Labute approximate surface area is 239 Å². The number of hydrogen-bond donors (Lipinski definition) is 2. The van der Waals surface area contributed by atoms with Crippen molar-refractivity contribution >= 4 is 52.4 Å². The van der Waals surface area contributed by atoms with Gasteiger partial charge in [0.05, 0.1) is 17.0 Å². The number of hydrazone groups is 1. The molecule has 5 rings (SSSR count). The van der Waals surface area contributed by atoms with Crippen LogP contribution >= 0.6 is 11.8 Å². The van der Waals surface area contributed by atoms with Crippen molar-refractivity contribution in [1.82, 2.24) is 5.32 Å². The van der Waals surface area contributed by atoms with Crippen LogP contribution in [-0.4, -0.2) is 28.5 Å². The molecule has 0 bridgehead atoms. The zero-order valence-electron chi connectivity index (χ0n) is 21.5. The van der Waals surface area contributed by atoms with Crippen molar-refractivity contribution in [3.05, 3.63) is 130 Å². The highest BCUT2D eigenvalue weighted by molar-refractivity contribution is 8.00. The fraction of sp³-hybridized carbons (Fsp3) is 0.0667. The Bertz CT molecular complexity index is 1630. The van der Waals surface area contributed by atoms with E-state index in [1.165, 1.54) is 41.0 Å². The number of nitro groups is 1. The first-order chi connectivity index (χ1) is 19.9. The maximum Gasteiger partial charge on any atom is 0.270 e. The molecule has 0 saturated carbocycles. The largest absolute Gasteiger partial charge is 0.322 e. The van der Waals surface area contributed by atoms with Crippen molar-refractivity contribution in [1.29, 1.82) is 0 Å². The summed E-state index contributed by atoms with van der Waals surface area (Å²) in [5.74, 6) is -0.777. The second-order valence-corrected chi connectivity index (χ2v) is 10.1. The number of amidine groups is 1. The molecular weight excluding hydrogens is 542 g/mol. The number of non-ortho nitro benzene ring substituents is 1. The number of thioether (sulfide) groups is 1. The van der Waals surface area contributed by atoms with Crippen LogP contribution in [0, 0.1) is 10.1 Å². The smallest absolute Gasteiger partial charge is 0.270 e. The third-order valence-corrected chi connectivity index (χ3v) is 7.34. The third kappa shape index (κ3) is 6.65. The molecule has 0 radical (unpaired) electrons. The molecule has 41 heavy (non-hydrogen) atoms. The Kier molecular flexibility index (Phi) is 8.16. The zero-order chi connectivity index (χ0) is 28.8. The van der Waals surface area contributed by atoms with Gasteiger partial charge < -0.3 is 10.6 Å². The SMILES string of the molecule is O=C(Nc1ccc(SC(C(=O)NC2=NN(c3ccccc3)C(=O)C2)c2ccccc2)cc1)c1cccc([N+](=O)[O-])c1. The number of benzene rings is 4. The van der Waals surface area contributed by atoms with Crippen molar-refractivity contribution in [3.63, 3.8) is 0 Å². The van der Waals surface area contributed by atoms with E-state index >= 15 is 0 Å². The van der Waals surface area contributed by atoms with Crippen LogP contribution in [0.4, 0.5) is 17.1 Å². The van der Waals surface area contributed by atoms with Crippen molar-refractivity contribution in [3.8, 4) is 0 Å². The van der Waals surface area contributed by atoms with E-state index in [0.717, 1.165) is 10.5 Å². The standard InChI is InChI=1S/C30H23N5O5S/c36-27-19-26(33-34(27)23-11-5-2-6-12-23)32-30(38)28(20-8-3-1-4-9-20)41-25-16-14-22(15-17-25)31-29(37)21-10-7-13-24(18-21)35(39)40/h1-18,28H,19H2,(H,31,37)(H,32,33,38). The lowest BCUT2D eigenvalue weighted by Gasteiger charge is -2.17. The number of nitrogens with zero attached hydrogens (tertiary/aromatic N) is 3. The van der Waals surface area contributed by atoms with Gasteiger partial charge in [-0.1, -0.05) is 54.6 Å². The Morgan fingerprint density at radius 1 is 0.878 bits per heavy atom. The van der Waals surface area contributed by atoms with E-state index in [2.05, 4.69) is 15.7 Å². The number of rotatable bonds is 8. The molecule has 0 spiro atoms. The minimum Gasteiger partial charge on any atom is -0.322 e. The molecule has 1 aliphatic rings. The molecule has 1 aliphatic heterocycles. The number of carbonyl (C=O) groups is 3. The molecule has 0 saturated heterocycles. The second kappa shape index (κ2) is 12.3. The quantitative estimate of drug-likeness (QED) is 0.164. The summed E-state index contributed by atoms with van der Waals surface area (Å²) in [7, 11) is 0. The number of nitro benzene ring substituents is 1. The fourth-order valence-corrected chi connectivity index (χ4v) is 5.12. The molecule has 3 amide bonds. The number of hydrogen-bond acceptors (Lipinski definition) is 7. The Balaban J connectivity index is 1.29. The summed E-state index contributed by atoms with van der Waals surface area (Å²) < 4.78 is 0. The Hall–Kier alpha value is -5.29. The average Bonchev–Trinajstić information content (AvgIpc) is 3.37. The number of para-hydroxylation sites is 1. The van der Waals surface area contributed by atoms with Gasteiger partial charge in [-0.3, -0.25) is 24.5 Å². The van der Waals surface area contributed by atoms with Crippen LogP contribution in [-0.2, 0) is 9.59 Å². The van der Waals surface area contributed by atoms with Gasteiger partial charge in [0.25, 0.3) is 17.5 Å². The number of nitrogens with one attached hydrogen (secondary N) is 2. The van der Waals surface area contributed by atoms with E-state index in [0.29, 0.717) is 11.4 Å². The van der Waals surface area contributed by atoms with Gasteiger partial charge in [-0.15, -0.1) is 11.8 Å². The molecule has 1 heterocycles. The summed E-state index contributed by atoms with van der Waals surface area (Å²) in [6.45, 7) is 0. The van der Waals surface area contributed by atoms with Crippen LogP contribution in [0.5, 0.6) is 0 Å². The summed E-state index contributed by atoms with van der Waals surface area (Å²) in [4.78, 5) is 49.8. The first kappa shape index (κ1) is 27.3. The van der Waals surface area contributed by atoms with Gasteiger partial charge in [-0.25, -0.2) is 0 Å². The molecule has 4 aromatic carbocycles. The predicted molar refractivity (Wildman–Crippen MR) is 157 cm³/mol. The first-order valence-electron chi connectivity index (χ1n) is 12.5. The molecule has 0 fully saturated rings. The Morgan fingerprint density at radius 2 is 1.56 bits per heavy atom. The van der Waals surface area contributed by atoms with Crippen LogP contribution in [0.15, 0.2) is 119 Å². The average molecular weight is 566 g/mol. The predicted octanol–water partition coefficient (Wildman–Crippen LogP) is 5.55. The molecule has 4 aromatic rings. The maximum absolute atomic E-state index is 13.5. The van der Waals surface area contributed by atoms with Gasteiger partial charge in [-0.2, -0.15) is 10.1 Å². The van der Waals surface area contributed by atoms with Gasteiger partial charge in [-0.05, 0) is 48.0 Å². The van der Waals surface area contributed by atoms with Gasteiger partial charge in [0.1, 0.15) is 11.1 Å². The van der Waals surface area contributed by atoms with Crippen LogP contribution in [0.25, 0.3) is 0 Å². The van der Waals surface area contributed by atoms with E-state index in [4.69, 9.17) is 0 Å². The number of carbonyl (C=O) groups excluding carboxylic acids is 3. The van der Waals surface area contributed by atoms with E-state index in [1.807, 2.05) is 36.4 Å². The van der Waals surface area contributed by atoms with Crippen LogP contribution in [0.2, 0.25) is 0 Å². The minimum absolute atomic E-state index is 0.0220. The van der Waals surface area contributed by atoms with Crippen LogP contribution in [0.3, 0.4) is 0 Å². The van der Waals surface area contributed by atoms with Gasteiger partial charge >= 0.3 is 0 Å². The summed E-state index contributed by atoms with van der Waals surface area (Å²) >= 11 is 1.31. The topological polar surface area (TPSA) is 134 Å². The molecule has 2 N–H and O–H groups in total. The van der Waals surface area contributed by atoms with Gasteiger partial charge in [0.15, 0.2) is 0 Å². The van der Waals surface area contributed by atoms with E-state index in [9.17, 15) is 24.5 Å². The molecule has 1 atom stereocenters. The van der Waals surface area contributed by atoms with Gasteiger partial charge in [0.2, 0.25) is 5.91 Å². The Morgan fingerprint density at radius 3 is 2.24 bits per heavy atom. The van der Waals surface area contributed by atoms with Crippen LogP contribution < -0.4 is 15.6 Å². The molecular formula is C30H23N5O5S. The maximum atomic E-state index is 13.5. The van der Waals surface area contributed by atoms with Crippen molar-refractivity contribution in [2.24, 2.45) is 5.10 Å². The lowest BCUT2D eigenvalue weighted by molar-refractivity contribution is -0.384. The third-order valence-electron chi connectivity index (χ3n) is 6.07. The second-order valence-electron chi connectivity index (χ2n) is 8.95. The lowest BCUT2D eigenvalue weighted by atomic mass is 10.1. The highest BCUT2D eigenvalue weighted by Crippen LogP contribution is 2.36. The molecule has 0 aliphatic carbocycles. The summed E-state index contributed by atoms with van der Waals surface area (Å²) in [6, 6.07) is 30.6. The molecule has 1 unspecified atom stereocenters. The van der Waals surface area contributed by atoms with E-state index < -0.39 is 16.1 Å². The summed E-state index contributed by atoms with van der Waals surface area (Å²) in [5, 5.41) is 21.5. The van der Waals surface area contributed by atoms with E-state index in [1.54, 1.807) is 48.5 Å². The first-order valence-corrected chi connectivity index (χ1v) is 13.4. The highest BCUT2D eigenvalue weighted by atomic mass is 32.2. The highest BCUT2D eigenvalue weighted by Gasteiger charge is 2.29. The van der Waals surface area contributed by atoms with Crippen LogP contribution in [0.1, 0.15) is 27.6 Å². The molecule has 10 nitrogen and oxygen atoms in total. The van der Waals surface area contributed by atoms with Gasteiger partial charge in [0, 0.05) is 28.3 Å². The van der Waals surface area contributed by atoms with E-state index in [-0.39, 0.29) is 35.3 Å². The number of anilines is 2. The molecule has 204 valence electrons. The lowest BCUT2D eigenvalue weighted by Crippen LogP contribution is -2.33. The zero-order valence-corrected chi connectivity index (χ0v) is 22.3. The number of amides is 3. The molecule has 11 heteroatoms. The molecule has 0 aromatic heterocycles. The summed E-state index contributed by atoms with van der Waals surface area (Å²) in [6.07, 6.45) is -0.0220. The fourth-order valence-electron chi connectivity index (χ4n) is 4.10. The minimum atomic E-state index is -0.648. The normalized spacial score (nSPS) is 13.3. The summed E-state index contributed by atoms with van der Waals surface area (Å²) in [5.41, 5.74) is 1.87. The monoisotopic (exact) mass is 565 g/mol.